The first-order valence-corrected chi connectivity index (χ1v) is 8.87. The molecular formula is C17H26N2O3S. The van der Waals surface area contributed by atoms with E-state index in [1.807, 2.05) is 30.3 Å². The fraction of sp³-hybridized carbons (Fsp3) is 0.529. The predicted molar refractivity (Wildman–Crippen MR) is 93.6 cm³/mol. The molecule has 2 N–H and O–H groups in total. The molecule has 0 radical (unpaired) electrons. The van der Waals surface area contributed by atoms with Crippen LogP contribution in [-0.2, 0) is 9.53 Å². The summed E-state index contributed by atoms with van der Waals surface area (Å²) in [6, 6.07) is 9.66. The third-order valence-electron chi connectivity index (χ3n) is 3.01. The lowest BCUT2D eigenvalue weighted by atomic mass is 10.0. The average Bonchev–Trinajstić information content (AvgIpc) is 2.51. The van der Waals surface area contributed by atoms with Gasteiger partial charge in [-0.15, -0.1) is 11.8 Å². The molecule has 0 bridgehead atoms. The van der Waals surface area contributed by atoms with Crippen LogP contribution in [0.15, 0.2) is 35.2 Å². The van der Waals surface area contributed by atoms with E-state index in [0.717, 1.165) is 11.3 Å². The summed E-state index contributed by atoms with van der Waals surface area (Å²) < 4.78 is 4.90. The van der Waals surface area contributed by atoms with Crippen molar-refractivity contribution >= 4 is 23.8 Å². The van der Waals surface area contributed by atoms with Crippen LogP contribution in [-0.4, -0.2) is 36.9 Å². The summed E-state index contributed by atoms with van der Waals surface area (Å²) in [6.07, 6.45) is 0.344. The highest BCUT2D eigenvalue weighted by Crippen LogP contribution is 2.16. The van der Waals surface area contributed by atoms with Gasteiger partial charge in [-0.2, -0.15) is 0 Å². The Morgan fingerprint density at radius 3 is 2.52 bits per heavy atom. The quantitative estimate of drug-likeness (QED) is 0.679. The van der Waals surface area contributed by atoms with Crippen LogP contribution in [0.25, 0.3) is 0 Å². The van der Waals surface area contributed by atoms with Crippen molar-refractivity contribution in [1.29, 1.82) is 0 Å². The zero-order valence-corrected chi connectivity index (χ0v) is 14.8. The lowest BCUT2D eigenvalue weighted by molar-refractivity contribution is -0.118. The van der Waals surface area contributed by atoms with Gasteiger partial charge in [0.1, 0.15) is 0 Å². The lowest BCUT2D eigenvalue weighted by Gasteiger charge is -2.20. The zero-order chi connectivity index (χ0) is 17.1. The molecule has 0 spiro atoms. The number of amides is 2. The summed E-state index contributed by atoms with van der Waals surface area (Å²) in [5.74, 6) is 0.730. The highest BCUT2D eigenvalue weighted by molar-refractivity contribution is 8.00. The fourth-order valence-electron chi connectivity index (χ4n) is 2.06. The van der Waals surface area contributed by atoms with Crippen molar-refractivity contribution in [2.24, 2.45) is 5.92 Å². The van der Waals surface area contributed by atoms with Gasteiger partial charge in [-0.3, -0.25) is 4.79 Å². The van der Waals surface area contributed by atoms with Crippen molar-refractivity contribution < 1.29 is 14.3 Å². The van der Waals surface area contributed by atoms with Gasteiger partial charge in [0, 0.05) is 17.5 Å². The standard InChI is InChI=1S/C17H26N2O3S/c1-4-22-17(21)19-14(10-13(2)3)11-18-16(20)12-23-15-8-6-5-7-9-15/h5-9,13-14H,4,10-12H2,1-3H3,(H,18,20)(H,19,21)/t14-/m0/s1. The van der Waals surface area contributed by atoms with Gasteiger partial charge >= 0.3 is 6.09 Å². The van der Waals surface area contributed by atoms with Gasteiger partial charge in [0.05, 0.1) is 12.4 Å². The Labute approximate surface area is 142 Å². The second-order valence-electron chi connectivity index (χ2n) is 5.60. The number of thioether (sulfide) groups is 1. The summed E-state index contributed by atoms with van der Waals surface area (Å²) in [6.45, 7) is 6.66. The number of hydrogen-bond acceptors (Lipinski definition) is 4. The van der Waals surface area contributed by atoms with Crippen molar-refractivity contribution in [3.8, 4) is 0 Å². The molecule has 128 valence electrons. The third-order valence-corrected chi connectivity index (χ3v) is 4.02. The van der Waals surface area contributed by atoms with Crippen LogP contribution in [0.2, 0.25) is 0 Å². The second-order valence-corrected chi connectivity index (χ2v) is 6.65. The normalized spacial score (nSPS) is 11.8. The van der Waals surface area contributed by atoms with E-state index >= 15 is 0 Å². The van der Waals surface area contributed by atoms with Crippen molar-refractivity contribution in [1.82, 2.24) is 10.6 Å². The van der Waals surface area contributed by atoms with E-state index in [4.69, 9.17) is 4.74 Å². The summed E-state index contributed by atoms with van der Waals surface area (Å²) in [7, 11) is 0. The van der Waals surface area contributed by atoms with Gasteiger partial charge in [-0.05, 0) is 31.4 Å². The number of rotatable bonds is 9. The molecule has 1 aromatic rings. The summed E-state index contributed by atoms with van der Waals surface area (Å²) in [5.41, 5.74) is 0. The van der Waals surface area contributed by atoms with Gasteiger partial charge in [0.2, 0.25) is 5.91 Å². The maximum atomic E-state index is 11.9. The minimum atomic E-state index is -0.439. The molecule has 0 unspecified atom stereocenters. The van der Waals surface area contributed by atoms with E-state index in [1.165, 1.54) is 11.8 Å². The minimum Gasteiger partial charge on any atom is -0.450 e. The molecule has 2 amide bonds. The maximum Gasteiger partial charge on any atom is 0.407 e. The smallest absolute Gasteiger partial charge is 0.407 e. The third kappa shape index (κ3) is 9.13. The van der Waals surface area contributed by atoms with Gasteiger partial charge < -0.3 is 15.4 Å². The molecule has 6 heteroatoms. The predicted octanol–water partition coefficient (Wildman–Crippen LogP) is 3.06. The molecule has 0 aromatic heterocycles. The van der Waals surface area contributed by atoms with Gasteiger partial charge in [0.15, 0.2) is 0 Å². The van der Waals surface area contributed by atoms with E-state index in [1.54, 1.807) is 6.92 Å². The first kappa shape index (κ1) is 19.4. The first-order valence-electron chi connectivity index (χ1n) is 7.89. The van der Waals surface area contributed by atoms with E-state index < -0.39 is 6.09 Å². The van der Waals surface area contributed by atoms with Crippen LogP contribution in [0, 0.1) is 5.92 Å². The van der Waals surface area contributed by atoms with Crippen LogP contribution in [0.5, 0.6) is 0 Å². The molecule has 0 aliphatic rings. The average molecular weight is 338 g/mol. The topological polar surface area (TPSA) is 67.4 Å². The Balaban J connectivity index is 2.37. The Hall–Kier alpha value is -1.69. The zero-order valence-electron chi connectivity index (χ0n) is 14.0. The molecule has 1 aromatic carbocycles. The molecule has 23 heavy (non-hydrogen) atoms. The first-order chi connectivity index (χ1) is 11.0. The summed E-state index contributed by atoms with van der Waals surface area (Å²) in [5, 5.41) is 5.67. The van der Waals surface area contributed by atoms with E-state index in [9.17, 15) is 9.59 Å². The minimum absolute atomic E-state index is 0.0433. The van der Waals surface area contributed by atoms with Crippen molar-refractivity contribution in [2.75, 3.05) is 18.9 Å². The Morgan fingerprint density at radius 2 is 1.91 bits per heavy atom. The van der Waals surface area contributed by atoms with Crippen LogP contribution in [0.3, 0.4) is 0 Å². The highest BCUT2D eigenvalue weighted by Gasteiger charge is 2.15. The number of alkyl carbamates (subject to hydrolysis) is 1. The van der Waals surface area contributed by atoms with Crippen LogP contribution < -0.4 is 10.6 Å². The van der Waals surface area contributed by atoms with Gasteiger partial charge in [-0.1, -0.05) is 32.0 Å². The van der Waals surface area contributed by atoms with Crippen LogP contribution in [0.4, 0.5) is 4.79 Å². The number of ether oxygens (including phenoxy) is 1. The fourth-order valence-corrected chi connectivity index (χ4v) is 2.80. The molecule has 5 nitrogen and oxygen atoms in total. The molecule has 1 rings (SSSR count). The highest BCUT2D eigenvalue weighted by atomic mass is 32.2. The Bertz CT molecular complexity index is 480. The van der Waals surface area contributed by atoms with E-state index in [0.29, 0.717) is 24.8 Å². The Kier molecular flexibility index (Phi) is 9.21. The molecular weight excluding hydrogens is 312 g/mol. The largest absolute Gasteiger partial charge is 0.450 e. The molecule has 0 aliphatic heterocycles. The monoisotopic (exact) mass is 338 g/mol. The van der Waals surface area contributed by atoms with Crippen molar-refractivity contribution in [3.63, 3.8) is 0 Å². The van der Waals surface area contributed by atoms with Gasteiger partial charge in [-0.25, -0.2) is 4.79 Å². The maximum absolute atomic E-state index is 11.9. The molecule has 0 heterocycles. The van der Waals surface area contributed by atoms with Crippen molar-refractivity contribution in [2.45, 2.75) is 38.1 Å². The molecule has 0 saturated carbocycles. The SMILES string of the molecule is CCOC(=O)N[C@H](CNC(=O)CSc1ccccc1)CC(C)C. The summed E-state index contributed by atoms with van der Waals surface area (Å²) in [4.78, 5) is 24.5. The Morgan fingerprint density at radius 1 is 1.22 bits per heavy atom. The molecule has 0 aliphatic carbocycles. The van der Waals surface area contributed by atoms with Crippen LogP contribution >= 0.6 is 11.8 Å². The number of hydrogen-bond donors (Lipinski definition) is 2. The molecule has 1 atom stereocenters. The number of carbonyl (C=O) groups excluding carboxylic acids is 2. The van der Waals surface area contributed by atoms with Gasteiger partial charge in [0.25, 0.3) is 0 Å². The lowest BCUT2D eigenvalue weighted by Crippen LogP contribution is -2.45. The summed E-state index contributed by atoms with van der Waals surface area (Å²) >= 11 is 1.49. The number of nitrogens with one attached hydrogen (secondary N) is 2. The van der Waals surface area contributed by atoms with E-state index in [2.05, 4.69) is 24.5 Å². The number of benzene rings is 1. The second kappa shape index (κ2) is 10.9. The van der Waals surface area contributed by atoms with Crippen molar-refractivity contribution in [3.05, 3.63) is 30.3 Å². The van der Waals surface area contributed by atoms with E-state index in [-0.39, 0.29) is 11.9 Å². The molecule has 0 fully saturated rings. The number of carbonyl (C=O) groups is 2. The molecule has 0 saturated heterocycles. The van der Waals surface area contributed by atoms with Crippen LogP contribution in [0.1, 0.15) is 27.2 Å².